The second-order valence-corrected chi connectivity index (χ2v) is 3.65. The van der Waals surface area contributed by atoms with Gasteiger partial charge in [0.15, 0.2) is 0 Å². The molecule has 3 nitrogen and oxygen atoms in total. The van der Waals surface area contributed by atoms with Gasteiger partial charge in [-0.2, -0.15) is 13.2 Å². The molecule has 0 fully saturated rings. The van der Waals surface area contributed by atoms with Crippen LogP contribution in [0.1, 0.15) is 11.6 Å². The predicted molar refractivity (Wildman–Crippen MR) is 51.8 cm³/mol. The number of carbonyl (C=O) groups is 1. The molecule has 92 valence electrons. The summed E-state index contributed by atoms with van der Waals surface area (Å²) in [6, 6.07) is 2.33. The van der Waals surface area contributed by atoms with E-state index in [-0.39, 0.29) is 5.56 Å². The molecule has 1 heterocycles. The Bertz CT molecular complexity index is 458. The Balaban J connectivity index is 2.19. The molecule has 1 aromatic rings. The van der Waals surface area contributed by atoms with Gasteiger partial charge in [0.1, 0.15) is 11.9 Å². The van der Waals surface area contributed by atoms with Crippen LogP contribution in [0.2, 0.25) is 0 Å². The van der Waals surface area contributed by atoms with Crippen LogP contribution in [0.4, 0.5) is 23.2 Å². The molecule has 0 spiro atoms. The van der Waals surface area contributed by atoms with E-state index in [1.165, 1.54) is 6.07 Å². The number of hydrogen-bond acceptors (Lipinski definition) is 2. The predicted octanol–water partition coefficient (Wildman–Crippen LogP) is 1.97. The Morgan fingerprint density at radius 2 is 2.06 bits per heavy atom. The van der Waals surface area contributed by atoms with Crippen molar-refractivity contribution in [2.45, 2.75) is 12.2 Å². The lowest BCUT2D eigenvalue weighted by atomic mass is 10.1. The lowest BCUT2D eigenvalue weighted by Crippen LogP contribution is -2.35. The number of carbonyl (C=O) groups excluding carboxylic acids is 1. The fourth-order valence-electron chi connectivity index (χ4n) is 1.65. The van der Waals surface area contributed by atoms with Crippen LogP contribution in [0, 0.1) is 5.82 Å². The van der Waals surface area contributed by atoms with Crippen molar-refractivity contribution in [3.8, 4) is 0 Å². The highest BCUT2D eigenvalue weighted by Crippen LogP contribution is 2.31. The standard InChI is InChI=1S/C10H8F4N2O/c11-5-1-2-7-6(3-5)8(9(17)16-7)15-4-10(12,13)14/h1-3,8,15H,4H2,(H,16,17). The van der Waals surface area contributed by atoms with Crippen LogP contribution in [-0.2, 0) is 4.79 Å². The van der Waals surface area contributed by atoms with Crippen molar-refractivity contribution >= 4 is 11.6 Å². The first kappa shape index (κ1) is 11.8. The van der Waals surface area contributed by atoms with E-state index in [1.54, 1.807) is 0 Å². The summed E-state index contributed by atoms with van der Waals surface area (Å²) in [5.41, 5.74) is 0.523. The van der Waals surface area contributed by atoms with Crippen molar-refractivity contribution < 1.29 is 22.4 Å². The minimum absolute atomic E-state index is 0.194. The van der Waals surface area contributed by atoms with E-state index in [9.17, 15) is 22.4 Å². The number of rotatable bonds is 2. The molecule has 0 aromatic heterocycles. The largest absolute Gasteiger partial charge is 0.401 e. The van der Waals surface area contributed by atoms with E-state index in [4.69, 9.17) is 0 Å². The summed E-state index contributed by atoms with van der Waals surface area (Å²) in [6.07, 6.45) is -4.42. The van der Waals surface area contributed by atoms with Gasteiger partial charge in [-0.1, -0.05) is 0 Å². The van der Waals surface area contributed by atoms with Crippen molar-refractivity contribution in [1.29, 1.82) is 0 Å². The molecule has 1 aliphatic heterocycles. The first-order chi connectivity index (χ1) is 7.87. The smallest absolute Gasteiger partial charge is 0.324 e. The third-order valence-electron chi connectivity index (χ3n) is 2.35. The molecular weight excluding hydrogens is 240 g/mol. The number of halogens is 4. The Hall–Kier alpha value is -1.63. The van der Waals surface area contributed by atoms with Crippen LogP contribution in [0.25, 0.3) is 0 Å². The average molecular weight is 248 g/mol. The van der Waals surface area contributed by atoms with Gasteiger partial charge in [0.25, 0.3) is 0 Å². The molecule has 1 aromatic carbocycles. The van der Waals surface area contributed by atoms with Crippen LogP contribution in [-0.4, -0.2) is 18.6 Å². The molecule has 2 N–H and O–H groups in total. The molecule has 1 unspecified atom stereocenters. The van der Waals surface area contributed by atoms with Gasteiger partial charge in [-0.05, 0) is 18.2 Å². The zero-order valence-electron chi connectivity index (χ0n) is 8.44. The minimum Gasteiger partial charge on any atom is -0.324 e. The van der Waals surface area contributed by atoms with E-state index in [1.807, 2.05) is 0 Å². The van der Waals surface area contributed by atoms with Crippen LogP contribution < -0.4 is 10.6 Å². The first-order valence-electron chi connectivity index (χ1n) is 4.77. The zero-order chi connectivity index (χ0) is 12.6. The summed E-state index contributed by atoms with van der Waals surface area (Å²) < 4.78 is 49.0. The van der Waals surface area contributed by atoms with Gasteiger partial charge in [0, 0.05) is 11.3 Å². The second-order valence-electron chi connectivity index (χ2n) is 3.65. The highest BCUT2D eigenvalue weighted by molar-refractivity contribution is 6.02. The maximum Gasteiger partial charge on any atom is 0.401 e. The van der Waals surface area contributed by atoms with Crippen molar-refractivity contribution in [2.75, 3.05) is 11.9 Å². The number of anilines is 1. The summed E-state index contributed by atoms with van der Waals surface area (Å²) in [5, 5.41) is 4.43. The monoisotopic (exact) mass is 248 g/mol. The Labute approximate surface area is 93.8 Å². The van der Waals surface area contributed by atoms with Gasteiger partial charge >= 0.3 is 6.18 Å². The Morgan fingerprint density at radius 3 is 2.71 bits per heavy atom. The molecule has 17 heavy (non-hydrogen) atoms. The van der Waals surface area contributed by atoms with Gasteiger partial charge in [0.05, 0.1) is 6.54 Å². The first-order valence-corrected chi connectivity index (χ1v) is 4.77. The molecule has 1 aliphatic rings. The lowest BCUT2D eigenvalue weighted by Gasteiger charge is -2.13. The molecule has 0 saturated carbocycles. The van der Waals surface area contributed by atoms with E-state index < -0.39 is 30.5 Å². The molecule has 7 heteroatoms. The number of amides is 1. The maximum atomic E-state index is 12.9. The number of benzene rings is 1. The summed E-state index contributed by atoms with van der Waals surface area (Å²) in [7, 11) is 0. The molecular formula is C10H8F4N2O. The Morgan fingerprint density at radius 1 is 1.35 bits per heavy atom. The van der Waals surface area contributed by atoms with Crippen molar-refractivity contribution in [3.05, 3.63) is 29.6 Å². The number of nitrogens with one attached hydrogen (secondary N) is 2. The fourth-order valence-corrected chi connectivity index (χ4v) is 1.65. The van der Waals surface area contributed by atoms with Crippen molar-refractivity contribution in [3.63, 3.8) is 0 Å². The fraction of sp³-hybridized carbons (Fsp3) is 0.300. The summed E-state index contributed by atoms with van der Waals surface area (Å²) in [6.45, 7) is -1.30. The third kappa shape index (κ3) is 2.55. The highest BCUT2D eigenvalue weighted by Gasteiger charge is 2.35. The average Bonchev–Trinajstić information content (AvgIpc) is 2.49. The van der Waals surface area contributed by atoms with E-state index in [2.05, 4.69) is 10.6 Å². The van der Waals surface area contributed by atoms with Gasteiger partial charge in [-0.3, -0.25) is 10.1 Å². The van der Waals surface area contributed by atoms with E-state index in [0.717, 1.165) is 12.1 Å². The van der Waals surface area contributed by atoms with Crippen LogP contribution in [0.3, 0.4) is 0 Å². The Kier molecular flexibility index (Phi) is 2.78. The van der Waals surface area contributed by atoms with Gasteiger partial charge in [-0.25, -0.2) is 4.39 Å². The zero-order valence-corrected chi connectivity index (χ0v) is 8.44. The molecule has 0 bridgehead atoms. The van der Waals surface area contributed by atoms with Crippen LogP contribution >= 0.6 is 0 Å². The number of alkyl halides is 3. The minimum atomic E-state index is -4.42. The topological polar surface area (TPSA) is 41.1 Å². The number of hydrogen-bond donors (Lipinski definition) is 2. The van der Waals surface area contributed by atoms with E-state index in [0.29, 0.717) is 5.69 Å². The summed E-state index contributed by atoms with van der Waals surface area (Å²) in [5.74, 6) is -1.21. The highest BCUT2D eigenvalue weighted by atomic mass is 19.4. The molecule has 0 radical (unpaired) electrons. The molecule has 0 saturated heterocycles. The SMILES string of the molecule is O=C1Nc2ccc(F)cc2C1NCC(F)(F)F. The summed E-state index contributed by atoms with van der Waals surface area (Å²) >= 11 is 0. The molecule has 1 amide bonds. The van der Waals surface area contributed by atoms with Crippen molar-refractivity contribution in [1.82, 2.24) is 5.32 Å². The normalized spacial score (nSPS) is 19.1. The van der Waals surface area contributed by atoms with E-state index >= 15 is 0 Å². The number of fused-ring (bicyclic) bond motifs is 1. The van der Waals surface area contributed by atoms with Crippen LogP contribution in [0.5, 0.6) is 0 Å². The van der Waals surface area contributed by atoms with Gasteiger partial charge in [0.2, 0.25) is 5.91 Å². The van der Waals surface area contributed by atoms with Gasteiger partial charge in [-0.15, -0.1) is 0 Å². The molecule has 2 rings (SSSR count). The molecule has 0 aliphatic carbocycles. The second kappa shape index (κ2) is 3.99. The summed E-state index contributed by atoms with van der Waals surface area (Å²) in [4.78, 5) is 11.4. The lowest BCUT2D eigenvalue weighted by molar-refractivity contribution is -0.129. The van der Waals surface area contributed by atoms with Crippen LogP contribution in [0.15, 0.2) is 18.2 Å². The third-order valence-corrected chi connectivity index (χ3v) is 2.35. The molecule has 1 atom stereocenters. The van der Waals surface area contributed by atoms with Gasteiger partial charge < -0.3 is 5.32 Å². The van der Waals surface area contributed by atoms with Crippen molar-refractivity contribution in [2.24, 2.45) is 0 Å². The maximum absolute atomic E-state index is 12.9. The quantitative estimate of drug-likeness (QED) is 0.785.